The summed E-state index contributed by atoms with van der Waals surface area (Å²) in [5.74, 6) is 0.894. The molecule has 18 heavy (non-hydrogen) atoms. The molecule has 0 atom stereocenters. The number of benzene rings is 1. The Balaban J connectivity index is 1.96. The smallest absolute Gasteiger partial charge is 0.119 e. The second-order valence-corrected chi connectivity index (χ2v) is 5.25. The van der Waals surface area contributed by atoms with Crippen molar-refractivity contribution < 1.29 is 9.47 Å². The summed E-state index contributed by atoms with van der Waals surface area (Å²) in [6.07, 6.45) is 2.15. The molecule has 0 fully saturated rings. The van der Waals surface area contributed by atoms with Gasteiger partial charge in [0.2, 0.25) is 0 Å². The number of nitrogens with two attached hydrogens (primary N) is 1. The quantitative estimate of drug-likeness (QED) is 0.686. The Morgan fingerprint density at radius 2 is 1.78 bits per heavy atom. The van der Waals surface area contributed by atoms with Crippen molar-refractivity contribution in [1.29, 1.82) is 0 Å². The summed E-state index contributed by atoms with van der Waals surface area (Å²) < 4.78 is 11.1. The number of ether oxygens (including phenoxy) is 2. The van der Waals surface area contributed by atoms with Gasteiger partial charge in [-0.1, -0.05) is 32.0 Å². The molecule has 0 saturated carbocycles. The molecule has 0 heterocycles. The predicted octanol–water partition coefficient (Wildman–Crippen LogP) is 2.85. The van der Waals surface area contributed by atoms with Gasteiger partial charge in [-0.15, -0.1) is 0 Å². The van der Waals surface area contributed by atoms with Crippen LogP contribution in [0.4, 0.5) is 0 Å². The molecule has 0 aliphatic rings. The predicted molar refractivity (Wildman–Crippen MR) is 74.8 cm³/mol. The Morgan fingerprint density at radius 1 is 1.06 bits per heavy atom. The van der Waals surface area contributed by atoms with Crippen molar-refractivity contribution in [2.75, 3.05) is 26.4 Å². The van der Waals surface area contributed by atoms with Crippen LogP contribution in [0, 0.1) is 5.41 Å². The Kier molecular flexibility index (Phi) is 6.76. The van der Waals surface area contributed by atoms with E-state index in [1.807, 2.05) is 30.3 Å². The maximum atomic E-state index is 5.67. The van der Waals surface area contributed by atoms with Crippen LogP contribution in [0.5, 0.6) is 5.75 Å². The zero-order valence-corrected chi connectivity index (χ0v) is 11.5. The summed E-state index contributed by atoms with van der Waals surface area (Å²) in [7, 11) is 0. The minimum absolute atomic E-state index is 0.226. The van der Waals surface area contributed by atoms with E-state index in [9.17, 15) is 0 Å². The molecule has 0 aliphatic carbocycles. The molecule has 0 unspecified atom stereocenters. The van der Waals surface area contributed by atoms with Gasteiger partial charge in [0.25, 0.3) is 0 Å². The van der Waals surface area contributed by atoms with Gasteiger partial charge in [0, 0.05) is 6.61 Å². The van der Waals surface area contributed by atoms with Crippen LogP contribution in [0.3, 0.4) is 0 Å². The first-order chi connectivity index (χ1) is 8.64. The van der Waals surface area contributed by atoms with Crippen molar-refractivity contribution in [2.45, 2.75) is 26.7 Å². The molecule has 0 aromatic heterocycles. The maximum Gasteiger partial charge on any atom is 0.119 e. The number of para-hydroxylation sites is 1. The second kappa shape index (κ2) is 8.11. The van der Waals surface area contributed by atoms with E-state index in [0.717, 1.165) is 31.7 Å². The van der Waals surface area contributed by atoms with Crippen molar-refractivity contribution in [3.8, 4) is 5.75 Å². The lowest BCUT2D eigenvalue weighted by Crippen LogP contribution is -2.23. The fourth-order valence-corrected chi connectivity index (χ4v) is 1.59. The Morgan fingerprint density at radius 3 is 2.44 bits per heavy atom. The molecule has 0 bridgehead atoms. The number of rotatable bonds is 9. The van der Waals surface area contributed by atoms with Gasteiger partial charge in [-0.25, -0.2) is 0 Å². The normalized spacial score (nSPS) is 11.5. The van der Waals surface area contributed by atoms with Crippen molar-refractivity contribution in [3.63, 3.8) is 0 Å². The van der Waals surface area contributed by atoms with Crippen LogP contribution in [-0.4, -0.2) is 26.4 Å². The lowest BCUT2D eigenvalue weighted by atomic mass is 9.88. The third kappa shape index (κ3) is 6.62. The SMILES string of the molecule is CC(C)(CN)CCCOCCOc1ccccc1. The van der Waals surface area contributed by atoms with Gasteiger partial charge in [-0.2, -0.15) is 0 Å². The standard InChI is InChI=1S/C15H25NO2/c1-15(2,13-16)9-6-10-17-11-12-18-14-7-4-3-5-8-14/h3-5,7-8H,6,9-13,16H2,1-2H3. The van der Waals surface area contributed by atoms with Crippen LogP contribution in [0.15, 0.2) is 30.3 Å². The fourth-order valence-electron chi connectivity index (χ4n) is 1.59. The molecular weight excluding hydrogens is 226 g/mol. The minimum Gasteiger partial charge on any atom is -0.491 e. The Hall–Kier alpha value is -1.06. The van der Waals surface area contributed by atoms with Gasteiger partial charge in [0.15, 0.2) is 0 Å². The van der Waals surface area contributed by atoms with E-state index in [1.54, 1.807) is 0 Å². The Labute approximate surface area is 110 Å². The van der Waals surface area contributed by atoms with Crippen LogP contribution in [0.2, 0.25) is 0 Å². The van der Waals surface area contributed by atoms with Crippen LogP contribution in [0.1, 0.15) is 26.7 Å². The lowest BCUT2D eigenvalue weighted by Gasteiger charge is -2.21. The highest BCUT2D eigenvalue weighted by atomic mass is 16.5. The molecule has 1 aromatic rings. The van der Waals surface area contributed by atoms with Crippen LogP contribution < -0.4 is 10.5 Å². The first kappa shape index (κ1) is 15.0. The van der Waals surface area contributed by atoms with E-state index in [0.29, 0.717) is 13.2 Å². The third-order valence-corrected chi connectivity index (χ3v) is 2.93. The molecule has 1 aromatic carbocycles. The topological polar surface area (TPSA) is 44.5 Å². The van der Waals surface area contributed by atoms with E-state index < -0.39 is 0 Å². The highest BCUT2D eigenvalue weighted by Crippen LogP contribution is 2.19. The lowest BCUT2D eigenvalue weighted by molar-refractivity contribution is 0.0918. The van der Waals surface area contributed by atoms with Crippen LogP contribution in [-0.2, 0) is 4.74 Å². The van der Waals surface area contributed by atoms with Crippen molar-refractivity contribution in [1.82, 2.24) is 0 Å². The molecule has 0 saturated heterocycles. The second-order valence-electron chi connectivity index (χ2n) is 5.25. The largest absolute Gasteiger partial charge is 0.491 e. The molecule has 0 amide bonds. The zero-order chi connectivity index (χ0) is 13.3. The molecule has 3 heteroatoms. The summed E-state index contributed by atoms with van der Waals surface area (Å²) in [4.78, 5) is 0. The summed E-state index contributed by atoms with van der Waals surface area (Å²) in [6, 6.07) is 9.80. The first-order valence-corrected chi connectivity index (χ1v) is 6.60. The van der Waals surface area contributed by atoms with Crippen LogP contribution >= 0.6 is 0 Å². The van der Waals surface area contributed by atoms with Gasteiger partial charge in [-0.3, -0.25) is 0 Å². The monoisotopic (exact) mass is 251 g/mol. The van der Waals surface area contributed by atoms with Gasteiger partial charge >= 0.3 is 0 Å². The molecule has 0 spiro atoms. The van der Waals surface area contributed by atoms with E-state index in [4.69, 9.17) is 15.2 Å². The molecule has 1 rings (SSSR count). The van der Waals surface area contributed by atoms with Crippen molar-refractivity contribution in [2.24, 2.45) is 11.1 Å². The van der Waals surface area contributed by atoms with Crippen molar-refractivity contribution in [3.05, 3.63) is 30.3 Å². The summed E-state index contributed by atoms with van der Waals surface area (Å²) >= 11 is 0. The van der Waals surface area contributed by atoms with E-state index in [2.05, 4.69) is 13.8 Å². The summed E-state index contributed by atoms with van der Waals surface area (Å²) in [5.41, 5.74) is 5.90. The molecule has 102 valence electrons. The average Bonchev–Trinajstić information content (AvgIpc) is 2.39. The number of hydrogen-bond acceptors (Lipinski definition) is 3. The molecule has 0 aliphatic heterocycles. The van der Waals surface area contributed by atoms with E-state index in [-0.39, 0.29) is 5.41 Å². The van der Waals surface area contributed by atoms with Crippen LogP contribution in [0.25, 0.3) is 0 Å². The maximum absolute atomic E-state index is 5.67. The molecular formula is C15H25NO2. The van der Waals surface area contributed by atoms with Gasteiger partial charge in [0.05, 0.1) is 6.61 Å². The third-order valence-electron chi connectivity index (χ3n) is 2.93. The van der Waals surface area contributed by atoms with Gasteiger partial charge < -0.3 is 15.2 Å². The number of hydrogen-bond donors (Lipinski definition) is 1. The molecule has 2 N–H and O–H groups in total. The average molecular weight is 251 g/mol. The zero-order valence-electron chi connectivity index (χ0n) is 11.5. The highest BCUT2D eigenvalue weighted by molar-refractivity contribution is 5.20. The molecule has 0 radical (unpaired) electrons. The van der Waals surface area contributed by atoms with E-state index >= 15 is 0 Å². The first-order valence-electron chi connectivity index (χ1n) is 6.60. The summed E-state index contributed by atoms with van der Waals surface area (Å²) in [6.45, 7) is 7.12. The Bertz CT molecular complexity index is 312. The van der Waals surface area contributed by atoms with Gasteiger partial charge in [-0.05, 0) is 36.9 Å². The van der Waals surface area contributed by atoms with Crippen molar-refractivity contribution >= 4 is 0 Å². The highest BCUT2D eigenvalue weighted by Gasteiger charge is 2.14. The fraction of sp³-hybridized carbons (Fsp3) is 0.600. The summed E-state index contributed by atoms with van der Waals surface area (Å²) in [5, 5.41) is 0. The van der Waals surface area contributed by atoms with Gasteiger partial charge in [0.1, 0.15) is 12.4 Å². The van der Waals surface area contributed by atoms with E-state index in [1.165, 1.54) is 0 Å². The molecule has 3 nitrogen and oxygen atoms in total. The minimum atomic E-state index is 0.226.